The Labute approximate surface area is 139 Å². The van der Waals surface area contributed by atoms with Gasteiger partial charge in [-0.2, -0.15) is 0 Å². The topological polar surface area (TPSA) is 66.5 Å². The maximum absolute atomic E-state index is 13.6. The van der Waals surface area contributed by atoms with Crippen molar-refractivity contribution >= 4 is 27.3 Å². The van der Waals surface area contributed by atoms with Crippen LogP contribution in [-0.2, 0) is 10.0 Å². The monoisotopic (exact) mass is 354 g/mol. The van der Waals surface area contributed by atoms with Gasteiger partial charge in [0.1, 0.15) is 11.6 Å². The minimum Gasteiger partial charge on any atom is -0.319 e. The molecule has 0 unspecified atom stereocenters. The van der Waals surface area contributed by atoms with E-state index in [-0.39, 0.29) is 11.3 Å². The van der Waals surface area contributed by atoms with Crippen molar-refractivity contribution in [1.29, 1.82) is 0 Å². The lowest BCUT2D eigenvalue weighted by molar-refractivity contribution is 0.102. The van der Waals surface area contributed by atoms with Crippen LogP contribution in [0.5, 0.6) is 0 Å². The summed E-state index contributed by atoms with van der Waals surface area (Å²) in [6.07, 6.45) is 1.05. The molecule has 0 aromatic heterocycles. The third-order valence-corrected chi connectivity index (χ3v) is 4.76. The second-order valence-electron chi connectivity index (χ2n) is 5.26. The molecule has 0 heterocycles. The molecule has 8 heteroatoms. The summed E-state index contributed by atoms with van der Waals surface area (Å²) in [5.74, 6) is -2.27. The average Bonchev–Trinajstić information content (AvgIpc) is 2.48. The van der Waals surface area contributed by atoms with E-state index >= 15 is 0 Å². The number of hydrogen-bond acceptors (Lipinski definition) is 3. The summed E-state index contributed by atoms with van der Waals surface area (Å²) in [4.78, 5) is 12.4. The quantitative estimate of drug-likeness (QED) is 0.918. The Balaban J connectivity index is 2.37. The number of anilines is 2. The number of sulfonamides is 1. The number of nitrogens with one attached hydrogen (secondary N) is 1. The van der Waals surface area contributed by atoms with Gasteiger partial charge in [0.2, 0.25) is 10.0 Å². The van der Waals surface area contributed by atoms with Gasteiger partial charge >= 0.3 is 0 Å². The number of nitrogens with zero attached hydrogens (tertiary/aromatic N) is 1. The first kappa shape index (κ1) is 17.9. The molecule has 0 aliphatic heterocycles. The van der Waals surface area contributed by atoms with Crippen LogP contribution >= 0.6 is 0 Å². The van der Waals surface area contributed by atoms with Gasteiger partial charge in [0.15, 0.2) is 0 Å². The lowest BCUT2D eigenvalue weighted by Crippen LogP contribution is -2.26. The summed E-state index contributed by atoms with van der Waals surface area (Å²) in [5, 5.41) is 2.35. The number of benzene rings is 2. The van der Waals surface area contributed by atoms with Crippen LogP contribution < -0.4 is 9.62 Å². The molecule has 128 valence electrons. The number of carbonyl (C=O) groups is 1. The summed E-state index contributed by atoms with van der Waals surface area (Å²) in [5.41, 5.74) is 0.782. The summed E-state index contributed by atoms with van der Waals surface area (Å²) in [7, 11) is -2.12. The fourth-order valence-corrected chi connectivity index (χ4v) is 2.72. The molecule has 1 N–H and O–H groups in total. The molecule has 0 spiro atoms. The predicted octanol–water partition coefficient (Wildman–Crippen LogP) is 2.92. The fourth-order valence-electron chi connectivity index (χ4n) is 2.17. The second-order valence-corrected chi connectivity index (χ2v) is 7.27. The lowest BCUT2D eigenvalue weighted by atomic mass is 10.1. The van der Waals surface area contributed by atoms with Crippen molar-refractivity contribution < 1.29 is 22.0 Å². The van der Waals surface area contributed by atoms with E-state index in [0.717, 1.165) is 22.7 Å². The number of rotatable bonds is 4. The van der Waals surface area contributed by atoms with E-state index in [1.54, 1.807) is 13.0 Å². The van der Waals surface area contributed by atoms with Crippen LogP contribution in [0.3, 0.4) is 0 Å². The van der Waals surface area contributed by atoms with Crippen molar-refractivity contribution in [3.8, 4) is 0 Å². The van der Waals surface area contributed by atoms with Crippen molar-refractivity contribution in [2.24, 2.45) is 0 Å². The molecule has 2 aromatic carbocycles. The van der Waals surface area contributed by atoms with Crippen LogP contribution in [0.25, 0.3) is 0 Å². The highest BCUT2D eigenvalue weighted by atomic mass is 32.2. The minimum atomic E-state index is -3.49. The first-order valence-electron chi connectivity index (χ1n) is 6.91. The molecule has 24 heavy (non-hydrogen) atoms. The second kappa shape index (κ2) is 6.56. The lowest BCUT2D eigenvalue weighted by Gasteiger charge is -2.20. The van der Waals surface area contributed by atoms with Gasteiger partial charge in [0.25, 0.3) is 5.91 Å². The van der Waals surface area contributed by atoms with Crippen molar-refractivity contribution in [3.63, 3.8) is 0 Å². The van der Waals surface area contributed by atoms with Gasteiger partial charge in [0, 0.05) is 18.7 Å². The highest BCUT2D eigenvalue weighted by Crippen LogP contribution is 2.25. The molecule has 0 saturated heterocycles. The highest BCUT2D eigenvalue weighted by molar-refractivity contribution is 7.92. The third kappa shape index (κ3) is 3.70. The van der Waals surface area contributed by atoms with E-state index in [1.165, 1.54) is 19.2 Å². The average molecular weight is 354 g/mol. The van der Waals surface area contributed by atoms with Crippen LogP contribution in [0, 0.1) is 18.6 Å². The normalized spacial score (nSPS) is 11.2. The number of amides is 1. The van der Waals surface area contributed by atoms with Crippen molar-refractivity contribution in [1.82, 2.24) is 0 Å². The Morgan fingerprint density at radius 3 is 2.42 bits per heavy atom. The molecule has 0 saturated carbocycles. The van der Waals surface area contributed by atoms with E-state index in [4.69, 9.17) is 0 Å². The SMILES string of the molecule is Cc1c(C(=O)Nc2ccc(F)cc2F)cccc1N(C)S(C)(=O)=O. The van der Waals surface area contributed by atoms with Gasteiger partial charge in [-0.3, -0.25) is 9.10 Å². The van der Waals surface area contributed by atoms with Crippen LogP contribution in [0.2, 0.25) is 0 Å². The smallest absolute Gasteiger partial charge is 0.256 e. The van der Waals surface area contributed by atoms with Crippen molar-refractivity contribution in [2.45, 2.75) is 6.92 Å². The molecule has 0 radical (unpaired) electrons. The van der Waals surface area contributed by atoms with Crippen molar-refractivity contribution in [2.75, 3.05) is 22.9 Å². The molecule has 2 rings (SSSR count). The Hall–Kier alpha value is -2.48. The zero-order chi connectivity index (χ0) is 18.1. The van der Waals surface area contributed by atoms with Crippen LogP contribution in [0.1, 0.15) is 15.9 Å². The van der Waals surface area contributed by atoms with E-state index in [9.17, 15) is 22.0 Å². The molecule has 5 nitrogen and oxygen atoms in total. The zero-order valence-corrected chi connectivity index (χ0v) is 14.1. The van der Waals surface area contributed by atoms with Gasteiger partial charge in [0.05, 0.1) is 17.6 Å². The molecular weight excluding hydrogens is 338 g/mol. The Bertz CT molecular complexity index is 898. The molecule has 0 bridgehead atoms. The van der Waals surface area contributed by atoms with E-state index < -0.39 is 27.6 Å². The first-order chi connectivity index (χ1) is 11.1. The first-order valence-corrected chi connectivity index (χ1v) is 8.76. The summed E-state index contributed by atoms with van der Waals surface area (Å²) < 4.78 is 51.0. The molecule has 0 atom stereocenters. The number of carbonyl (C=O) groups excluding carboxylic acids is 1. The summed E-state index contributed by atoms with van der Waals surface area (Å²) >= 11 is 0. The molecule has 0 fully saturated rings. The maximum Gasteiger partial charge on any atom is 0.256 e. The highest BCUT2D eigenvalue weighted by Gasteiger charge is 2.19. The number of hydrogen-bond donors (Lipinski definition) is 1. The maximum atomic E-state index is 13.6. The minimum absolute atomic E-state index is 0.164. The summed E-state index contributed by atoms with van der Waals surface area (Å²) in [6.45, 7) is 1.59. The van der Waals surface area contributed by atoms with E-state index in [1.807, 2.05) is 0 Å². The zero-order valence-electron chi connectivity index (χ0n) is 13.3. The fraction of sp³-hybridized carbons (Fsp3) is 0.188. The molecule has 2 aromatic rings. The van der Waals surface area contributed by atoms with Crippen LogP contribution in [0.15, 0.2) is 36.4 Å². The Kier molecular flexibility index (Phi) is 4.88. The van der Waals surface area contributed by atoms with Crippen LogP contribution in [0.4, 0.5) is 20.2 Å². The molecule has 0 aliphatic rings. The van der Waals surface area contributed by atoms with Crippen LogP contribution in [-0.4, -0.2) is 27.6 Å². The molecular formula is C16H16F2N2O3S. The molecule has 0 aliphatic carbocycles. The predicted molar refractivity (Wildman–Crippen MR) is 88.7 cm³/mol. The Morgan fingerprint density at radius 1 is 1.17 bits per heavy atom. The van der Waals surface area contributed by atoms with Gasteiger partial charge in [-0.25, -0.2) is 17.2 Å². The van der Waals surface area contributed by atoms with Gasteiger partial charge in [-0.15, -0.1) is 0 Å². The molecule has 1 amide bonds. The van der Waals surface area contributed by atoms with Crippen molar-refractivity contribution in [3.05, 3.63) is 59.2 Å². The van der Waals surface area contributed by atoms with Gasteiger partial charge in [-0.1, -0.05) is 6.07 Å². The van der Waals surface area contributed by atoms with E-state index in [0.29, 0.717) is 17.3 Å². The number of halogens is 2. The third-order valence-electron chi connectivity index (χ3n) is 3.57. The van der Waals surface area contributed by atoms with Gasteiger partial charge < -0.3 is 5.32 Å². The summed E-state index contributed by atoms with van der Waals surface area (Å²) in [6, 6.07) is 7.39. The standard InChI is InChI=1S/C16H16F2N2O3S/c1-10-12(5-4-6-15(10)20(2)24(3,22)23)16(21)19-14-8-7-11(17)9-13(14)18/h4-9H,1-3H3,(H,19,21). The van der Waals surface area contributed by atoms with Gasteiger partial charge in [-0.05, 0) is 36.8 Å². The Morgan fingerprint density at radius 2 is 1.83 bits per heavy atom. The largest absolute Gasteiger partial charge is 0.319 e. The van der Waals surface area contributed by atoms with E-state index in [2.05, 4.69) is 5.32 Å².